The van der Waals surface area contributed by atoms with Crippen LogP contribution in [0, 0.1) is 5.82 Å². The molecule has 42 heavy (non-hydrogen) atoms. The molecule has 2 atom stereocenters. The summed E-state index contributed by atoms with van der Waals surface area (Å²) in [5, 5.41) is 4.29. The van der Waals surface area contributed by atoms with Crippen LogP contribution in [0.4, 0.5) is 20.0 Å². The fraction of sp³-hybridized carbons (Fsp3) is 0.233. The average Bonchev–Trinajstić information content (AvgIpc) is 3.47. The summed E-state index contributed by atoms with van der Waals surface area (Å²) in [5.41, 5.74) is 1.98. The SMILES string of the molecule is O=C(NC1CC1)c1ccc(N(C(=O)C2CSC(c3ccncc3F)N2C(=O)OCc2ccccc2)c2nccs2)cc1. The minimum atomic E-state index is -0.988. The Balaban J connectivity index is 1.30. The molecule has 214 valence electrons. The van der Waals surface area contributed by atoms with Crippen molar-refractivity contribution in [2.24, 2.45) is 0 Å². The second-order valence-corrected chi connectivity index (χ2v) is 11.8. The van der Waals surface area contributed by atoms with Gasteiger partial charge >= 0.3 is 6.09 Å². The molecule has 3 heterocycles. The van der Waals surface area contributed by atoms with Crippen molar-refractivity contribution in [1.82, 2.24) is 20.2 Å². The first-order chi connectivity index (χ1) is 20.5. The lowest BCUT2D eigenvalue weighted by Crippen LogP contribution is -2.48. The molecule has 0 spiro atoms. The molecular formula is C30H26FN5O4S2. The summed E-state index contributed by atoms with van der Waals surface area (Å²) in [4.78, 5) is 51.4. The molecule has 2 unspecified atom stereocenters. The Morgan fingerprint density at radius 2 is 1.83 bits per heavy atom. The number of carbonyl (C=O) groups is 3. The van der Waals surface area contributed by atoms with Gasteiger partial charge in [0.25, 0.3) is 11.8 Å². The van der Waals surface area contributed by atoms with Gasteiger partial charge in [-0.2, -0.15) is 0 Å². The number of nitrogens with one attached hydrogen (secondary N) is 1. The minimum Gasteiger partial charge on any atom is -0.444 e. The van der Waals surface area contributed by atoms with Crippen LogP contribution in [-0.4, -0.2) is 50.6 Å². The molecule has 9 nitrogen and oxygen atoms in total. The molecule has 1 aliphatic heterocycles. The van der Waals surface area contributed by atoms with Crippen LogP contribution in [0.15, 0.2) is 84.6 Å². The van der Waals surface area contributed by atoms with Crippen molar-refractivity contribution in [2.75, 3.05) is 10.7 Å². The molecule has 4 aromatic rings. The van der Waals surface area contributed by atoms with E-state index in [1.165, 1.54) is 45.2 Å². The van der Waals surface area contributed by atoms with Crippen LogP contribution in [0.3, 0.4) is 0 Å². The van der Waals surface area contributed by atoms with Gasteiger partial charge in [0.1, 0.15) is 23.8 Å². The molecule has 1 saturated heterocycles. The summed E-state index contributed by atoms with van der Waals surface area (Å²) in [6, 6.07) is 16.6. The third-order valence-corrected chi connectivity index (χ3v) is 8.96. The lowest BCUT2D eigenvalue weighted by atomic mass is 10.1. The van der Waals surface area contributed by atoms with Crippen LogP contribution in [0.25, 0.3) is 0 Å². The quantitative estimate of drug-likeness (QED) is 0.276. The lowest BCUT2D eigenvalue weighted by Gasteiger charge is -2.31. The van der Waals surface area contributed by atoms with E-state index in [0.717, 1.165) is 24.6 Å². The molecule has 1 aliphatic carbocycles. The third-order valence-electron chi connectivity index (χ3n) is 6.90. The zero-order chi connectivity index (χ0) is 29.1. The van der Waals surface area contributed by atoms with Gasteiger partial charge in [-0.25, -0.2) is 14.2 Å². The molecule has 2 aromatic heterocycles. The molecular weight excluding hydrogens is 577 g/mol. The van der Waals surface area contributed by atoms with Gasteiger partial charge < -0.3 is 10.1 Å². The van der Waals surface area contributed by atoms with Crippen LogP contribution in [-0.2, 0) is 16.1 Å². The molecule has 2 aliphatic rings. The number of thiazole rings is 1. The number of thioether (sulfide) groups is 1. The lowest BCUT2D eigenvalue weighted by molar-refractivity contribution is -0.121. The minimum absolute atomic E-state index is 0.00608. The largest absolute Gasteiger partial charge is 0.444 e. The van der Waals surface area contributed by atoms with Gasteiger partial charge in [0.15, 0.2) is 5.13 Å². The highest BCUT2D eigenvalue weighted by Crippen LogP contribution is 2.44. The molecule has 1 N–H and O–H groups in total. The van der Waals surface area contributed by atoms with Crippen LogP contribution in [0.5, 0.6) is 0 Å². The van der Waals surface area contributed by atoms with E-state index in [0.29, 0.717) is 16.4 Å². The normalized spacial score (nSPS) is 18.0. The zero-order valence-electron chi connectivity index (χ0n) is 22.3. The molecule has 2 aromatic carbocycles. The standard InChI is InChI=1S/C30H26FN5O4S2/c31-24-16-32-13-12-23(24)28-36(30(39)40-17-19-4-2-1-3-5-19)25(18-42-28)27(38)35(29-33-14-15-41-29)22-10-6-20(7-11-22)26(37)34-21-8-9-21/h1-7,10-16,21,25,28H,8-9,17-18H2,(H,34,37). The van der Waals surface area contributed by atoms with E-state index >= 15 is 0 Å². The topological polar surface area (TPSA) is 105 Å². The number of rotatable bonds is 8. The summed E-state index contributed by atoms with van der Waals surface area (Å²) >= 11 is 2.53. The highest BCUT2D eigenvalue weighted by atomic mass is 32.2. The van der Waals surface area contributed by atoms with E-state index in [1.54, 1.807) is 35.8 Å². The van der Waals surface area contributed by atoms with Gasteiger partial charge in [-0.05, 0) is 48.7 Å². The first-order valence-electron chi connectivity index (χ1n) is 13.3. The number of aromatic nitrogens is 2. The summed E-state index contributed by atoms with van der Waals surface area (Å²) in [7, 11) is 0. The van der Waals surface area contributed by atoms with Crippen LogP contribution < -0.4 is 10.2 Å². The fourth-order valence-corrected chi connectivity index (χ4v) is 6.70. The summed E-state index contributed by atoms with van der Waals surface area (Å²) in [6.45, 7) is -0.00608. The maximum Gasteiger partial charge on any atom is 0.412 e. The van der Waals surface area contributed by atoms with Crippen LogP contribution in [0.1, 0.15) is 39.7 Å². The van der Waals surface area contributed by atoms with Crippen molar-refractivity contribution in [2.45, 2.75) is 36.9 Å². The van der Waals surface area contributed by atoms with Gasteiger partial charge in [0, 0.05) is 40.7 Å². The van der Waals surface area contributed by atoms with Crippen LogP contribution in [0.2, 0.25) is 0 Å². The maximum atomic E-state index is 14.9. The smallest absolute Gasteiger partial charge is 0.412 e. The van der Waals surface area contributed by atoms with Gasteiger partial charge in [-0.3, -0.25) is 24.4 Å². The first kappa shape index (κ1) is 27.9. The van der Waals surface area contributed by atoms with Crippen molar-refractivity contribution >= 4 is 51.8 Å². The molecule has 0 bridgehead atoms. The first-order valence-corrected chi connectivity index (χ1v) is 15.3. The molecule has 0 radical (unpaired) electrons. The van der Waals surface area contributed by atoms with Crippen molar-refractivity contribution in [3.05, 3.63) is 107 Å². The van der Waals surface area contributed by atoms with E-state index in [4.69, 9.17) is 4.74 Å². The van der Waals surface area contributed by atoms with Gasteiger partial charge in [-0.15, -0.1) is 23.1 Å². The number of amides is 3. The van der Waals surface area contributed by atoms with E-state index < -0.39 is 29.2 Å². The number of halogens is 1. The predicted octanol–water partition coefficient (Wildman–Crippen LogP) is 5.69. The third kappa shape index (κ3) is 6.00. The zero-order valence-corrected chi connectivity index (χ0v) is 23.9. The number of hydrogen-bond acceptors (Lipinski definition) is 8. The number of ether oxygens (including phenoxy) is 1. The Hall–Kier alpha value is -4.29. The number of anilines is 2. The van der Waals surface area contributed by atoms with E-state index in [1.807, 2.05) is 30.3 Å². The van der Waals surface area contributed by atoms with E-state index in [-0.39, 0.29) is 29.9 Å². The number of hydrogen-bond donors (Lipinski definition) is 1. The number of benzene rings is 2. The van der Waals surface area contributed by atoms with Crippen molar-refractivity contribution in [1.29, 1.82) is 0 Å². The fourth-order valence-electron chi connectivity index (χ4n) is 4.60. The molecule has 12 heteroatoms. The highest BCUT2D eigenvalue weighted by molar-refractivity contribution is 7.99. The molecule has 6 rings (SSSR count). The van der Waals surface area contributed by atoms with Crippen molar-refractivity contribution in [3.63, 3.8) is 0 Å². The number of carbonyl (C=O) groups excluding carboxylic acids is 3. The Kier molecular flexibility index (Phi) is 8.15. The number of pyridine rings is 1. The summed E-state index contributed by atoms with van der Waals surface area (Å²) in [6.07, 6.45) is 5.33. The van der Waals surface area contributed by atoms with Crippen molar-refractivity contribution in [3.8, 4) is 0 Å². The Bertz CT molecular complexity index is 1570. The Morgan fingerprint density at radius 3 is 2.52 bits per heavy atom. The maximum absolute atomic E-state index is 14.9. The highest BCUT2D eigenvalue weighted by Gasteiger charge is 2.46. The van der Waals surface area contributed by atoms with Gasteiger partial charge in [0.05, 0.1) is 11.9 Å². The van der Waals surface area contributed by atoms with E-state index in [2.05, 4.69) is 15.3 Å². The second kappa shape index (κ2) is 12.3. The molecule has 2 fully saturated rings. The van der Waals surface area contributed by atoms with Gasteiger partial charge in [-0.1, -0.05) is 30.3 Å². The summed E-state index contributed by atoms with van der Waals surface area (Å²) in [5.74, 6) is -0.977. The Morgan fingerprint density at radius 1 is 1.05 bits per heavy atom. The van der Waals surface area contributed by atoms with Gasteiger partial charge in [0.2, 0.25) is 0 Å². The van der Waals surface area contributed by atoms with Crippen LogP contribution >= 0.6 is 23.1 Å². The summed E-state index contributed by atoms with van der Waals surface area (Å²) < 4.78 is 20.5. The molecule has 1 saturated carbocycles. The molecule has 3 amide bonds. The second-order valence-electron chi connectivity index (χ2n) is 9.83. The van der Waals surface area contributed by atoms with E-state index in [9.17, 15) is 18.8 Å². The monoisotopic (exact) mass is 603 g/mol. The Labute approximate surface area is 249 Å². The number of nitrogens with zero attached hydrogens (tertiary/aromatic N) is 4. The van der Waals surface area contributed by atoms with Crippen molar-refractivity contribution < 1.29 is 23.5 Å². The predicted molar refractivity (Wildman–Crippen MR) is 158 cm³/mol. The average molecular weight is 604 g/mol.